The molecule has 0 saturated carbocycles. The van der Waals surface area contributed by atoms with Gasteiger partial charge in [0.05, 0.1) is 38.0 Å². The van der Waals surface area contributed by atoms with Gasteiger partial charge in [-0.15, -0.1) is 0 Å². The van der Waals surface area contributed by atoms with Gasteiger partial charge in [-0.05, 0) is 20.8 Å². The topological polar surface area (TPSA) is 261 Å². The van der Waals surface area contributed by atoms with Crippen LogP contribution in [0.1, 0.15) is 20.8 Å². The van der Waals surface area contributed by atoms with Crippen LogP contribution in [0.4, 0.5) is 0 Å². The molecule has 0 bridgehead atoms. The number of hydrogen-bond acceptors (Lipinski definition) is 15. The first-order chi connectivity index (χ1) is 24.9. The van der Waals surface area contributed by atoms with Gasteiger partial charge in [0.1, 0.15) is 19.6 Å². The third kappa shape index (κ3) is 25.9. The minimum atomic E-state index is -0.687. The number of amides is 6. The third-order valence-corrected chi connectivity index (χ3v) is 5.80. The molecule has 0 aromatic heterocycles. The van der Waals surface area contributed by atoms with Crippen molar-refractivity contribution < 1.29 is 89.7 Å². The molecule has 22 heteroatoms. The number of hydrogen-bond donors (Lipinski definition) is 3. The van der Waals surface area contributed by atoms with E-state index in [2.05, 4.69) is 14.2 Å². The third-order valence-electron chi connectivity index (χ3n) is 5.80. The normalized spacial score (nSPS) is 10.6. The summed E-state index contributed by atoms with van der Waals surface area (Å²) in [6.07, 6.45) is 2.30. The summed E-state index contributed by atoms with van der Waals surface area (Å²) in [5.41, 5.74) is 0. The van der Waals surface area contributed by atoms with Crippen LogP contribution in [0.25, 0.3) is 0 Å². The number of aliphatic hydroxyl groups excluding tert-OH is 3. The summed E-state index contributed by atoms with van der Waals surface area (Å²) >= 11 is 0. The van der Waals surface area contributed by atoms with E-state index in [-0.39, 0.29) is 56.5 Å². The number of aliphatic hydroxyl groups is 3. The first kappa shape index (κ1) is 56.1. The zero-order valence-electron chi connectivity index (χ0n) is 33.3. The quantitative estimate of drug-likeness (QED) is 0.0565. The Kier molecular flexibility index (Phi) is 30.4. The van der Waals surface area contributed by atoms with Crippen LogP contribution >= 0.6 is 0 Å². The van der Waals surface area contributed by atoms with Crippen LogP contribution in [-0.2, 0) is 74.4 Å². The Morgan fingerprint density at radius 2 is 0.600 bits per heavy atom. The Balaban J connectivity index is -0.000000351. The molecule has 0 unspecified atom stereocenters. The maximum atomic E-state index is 11.5. The number of rotatable bonds is 15. The molecule has 0 fully saturated rings. The predicted octanol–water partition coefficient (Wildman–Crippen LogP) is -1.39. The van der Waals surface area contributed by atoms with Crippen molar-refractivity contribution in [2.45, 2.75) is 20.8 Å². The minimum Gasteiger partial charge on any atom is -0.503 e. The van der Waals surface area contributed by atoms with Crippen LogP contribution in [0.3, 0.4) is 0 Å². The summed E-state index contributed by atoms with van der Waals surface area (Å²) in [5, 5.41) is 28.1. The molecule has 0 spiro atoms. The molecule has 6 amide bonds. The van der Waals surface area contributed by atoms with Gasteiger partial charge in [-0.1, -0.05) is 0 Å². The van der Waals surface area contributed by atoms with Crippen LogP contribution in [0.15, 0.2) is 35.5 Å². The Bertz CT molecular complexity index is 1260. The molecule has 3 N–H and O–H groups in total. The zero-order valence-corrected chi connectivity index (χ0v) is 34.4. The second-order valence-corrected chi connectivity index (χ2v) is 11.2. The Hall–Kier alpha value is -5.63. The molecule has 0 aromatic carbocycles. The molecule has 0 aliphatic rings. The van der Waals surface area contributed by atoms with Gasteiger partial charge < -0.3 is 58.9 Å². The van der Waals surface area contributed by atoms with Crippen molar-refractivity contribution in [3.63, 3.8) is 0 Å². The van der Waals surface area contributed by atoms with Crippen molar-refractivity contribution in [1.82, 2.24) is 29.4 Å². The van der Waals surface area contributed by atoms with E-state index < -0.39 is 70.6 Å². The van der Waals surface area contributed by atoms with Crippen LogP contribution in [0.2, 0.25) is 0 Å². The molecule has 0 rings (SSSR count). The van der Waals surface area contributed by atoms with E-state index in [0.717, 1.165) is 47.6 Å². The summed E-state index contributed by atoms with van der Waals surface area (Å²) in [6, 6.07) is 0. The fraction of sp³-hybridized carbons (Fsp3) is 0.545. The van der Waals surface area contributed by atoms with E-state index in [9.17, 15) is 58.5 Å². The van der Waals surface area contributed by atoms with E-state index in [1.165, 1.54) is 63.4 Å². The molecular weight excluding hydrogens is 776 g/mol. The summed E-state index contributed by atoms with van der Waals surface area (Å²) in [6.45, 7) is 4.90. The number of carbonyl (C=O) groups is 9. The molecular formula is C33H54FeN6O15. The fourth-order valence-corrected chi connectivity index (χ4v) is 2.99. The van der Waals surface area contributed by atoms with Gasteiger partial charge in [-0.2, -0.15) is 0 Å². The maximum absolute atomic E-state index is 11.5. The van der Waals surface area contributed by atoms with E-state index >= 15 is 0 Å². The molecule has 21 nitrogen and oxygen atoms in total. The van der Waals surface area contributed by atoms with Gasteiger partial charge >= 0.3 is 17.9 Å². The Morgan fingerprint density at radius 3 is 0.745 bits per heavy atom. The van der Waals surface area contributed by atoms with Crippen LogP contribution in [0.5, 0.6) is 0 Å². The van der Waals surface area contributed by atoms with Crippen LogP contribution < -0.4 is 0 Å². The molecule has 0 heterocycles. The molecule has 0 atom stereocenters. The van der Waals surface area contributed by atoms with E-state index in [4.69, 9.17) is 0 Å². The van der Waals surface area contributed by atoms with E-state index in [1.807, 2.05) is 0 Å². The molecule has 0 saturated heterocycles. The number of nitrogens with zero attached hydrogens (tertiary/aromatic N) is 6. The van der Waals surface area contributed by atoms with Crippen molar-refractivity contribution >= 4 is 53.4 Å². The molecule has 0 aliphatic carbocycles. The number of ether oxygens (including phenoxy) is 3. The number of likely N-dealkylation sites (N-methyl/N-ethyl adjacent to an activating group) is 6. The van der Waals surface area contributed by atoms with E-state index in [0.29, 0.717) is 0 Å². The number of esters is 3. The first-order valence-corrected chi connectivity index (χ1v) is 16.0. The van der Waals surface area contributed by atoms with Gasteiger partial charge in [0, 0.05) is 80.5 Å². The van der Waals surface area contributed by atoms with Crippen molar-refractivity contribution in [3.8, 4) is 0 Å². The van der Waals surface area contributed by atoms with Crippen LogP contribution in [-0.4, -0.2) is 201 Å². The summed E-state index contributed by atoms with van der Waals surface area (Å²) in [7, 11) is 12.8. The van der Waals surface area contributed by atoms with Gasteiger partial charge in [0.25, 0.3) is 35.4 Å². The summed E-state index contributed by atoms with van der Waals surface area (Å²) < 4.78 is 14.0. The Labute approximate surface area is 331 Å². The molecule has 0 aromatic rings. The SMILES string of the molecule is CCOC(=O)CN(C)C(=O)C=C(O)C(=O)N(C)C.CCOC(=O)CN(C)C(=O)C=C(O)C(=O)N(C)C.CCOC(=O)CN(C)C(=O)C=C(O)C(=O)N(C)C.[Fe]. The second kappa shape index (κ2) is 29.8. The predicted molar refractivity (Wildman–Crippen MR) is 191 cm³/mol. The summed E-state index contributed by atoms with van der Waals surface area (Å²) in [5.74, 6) is -7.74. The molecule has 314 valence electrons. The maximum Gasteiger partial charge on any atom is 0.325 e. The largest absolute Gasteiger partial charge is 0.503 e. The Morgan fingerprint density at radius 1 is 0.418 bits per heavy atom. The fourth-order valence-electron chi connectivity index (χ4n) is 2.99. The molecule has 0 aliphatic heterocycles. The van der Waals surface area contributed by atoms with Gasteiger partial charge in [0.15, 0.2) is 17.3 Å². The van der Waals surface area contributed by atoms with Crippen molar-refractivity contribution in [2.24, 2.45) is 0 Å². The monoisotopic (exact) mass is 830 g/mol. The van der Waals surface area contributed by atoms with Gasteiger partial charge in [0.2, 0.25) is 0 Å². The van der Waals surface area contributed by atoms with Crippen molar-refractivity contribution in [3.05, 3.63) is 35.5 Å². The second-order valence-electron chi connectivity index (χ2n) is 11.2. The zero-order chi connectivity index (χ0) is 42.9. The standard InChI is InChI=1S/3C11H18N2O5.Fe/c3*1-5-18-10(16)7-13(4)9(15)6-8(14)11(17)12(2)3;/h3*6,14H,5,7H2,1-4H3;. The average molecular weight is 831 g/mol. The van der Waals surface area contributed by atoms with Gasteiger partial charge in [-0.3, -0.25) is 43.2 Å². The van der Waals surface area contributed by atoms with E-state index in [1.54, 1.807) is 20.8 Å². The van der Waals surface area contributed by atoms with Crippen molar-refractivity contribution in [2.75, 3.05) is 103 Å². The number of carbonyl (C=O) groups excluding carboxylic acids is 9. The minimum absolute atomic E-state index is 0. The first-order valence-electron chi connectivity index (χ1n) is 16.0. The molecule has 55 heavy (non-hydrogen) atoms. The average Bonchev–Trinajstić information content (AvgIpc) is 3.07. The van der Waals surface area contributed by atoms with Crippen LogP contribution in [0, 0.1) is 0 Å². The van der Waals surface area contributed by atoms with Crippen molar-refractivity contribution in [1.29, 1.82) is 0 Å². The molecule has 0 radical (unpaired) electrons. The summed E-state index contributed by atoms with van der Waals surface area (Å²) in [4.78, 5) is 108. The van der Waals surface area contributed by atoms with Gasteiger partial charge in [-0.25, -0.2) is 0 Å². The smallest absolute Gasteiger partial charge is 0.325 e.